The predicted octanol–water partition coefficient (Wildman–Crippen LogP) is 4.98. The highest BCUT2D eigenvalue weighted by Gasteiger charge is 2.24. The number of nitrogens with zero attached hydrogens (tertiary/aromatic N) is 2. The Kier molecular flexibility index (Phi) is 7.22. The molecule has 0 bridgehead atoms. The molecule has 0 unspecified atom stereocenters. The molecule has 2 aromatic carbocycles. The lowest BCUT2D eigenvalue weighted by Gasteiger charge is -2.28. The summed E-state index contributed by atoms with van der Waals surface area (Å²) in [5, 5.41) is 22.0. The Labute approximate surface area is 200 Å². The quantitative estimate of drug-likeness (QED) is 0.432. The third-order valence-electron chi connectivity index (χ3n) is 5.90. The number of aliphatic carboxylic acids is 1. The topological polar surface area (TPSA) is 134 Å². The summed E-state index contributed by atoms with van der Waals surface area (Å²) in [6, 6.07) is 13.6. The second-order valence-corrected chi connectivity index (χ2v) is 8.70. The molecular formula is C24H23ClN4O5. The molecule has 10 heteroatoms. The van der Waals surface area contributed by atoms with Gasteiger partial charge < -0.3 is 14.8 Å². The smallest absolute Gasteiger partial charge is 0.322 e. The third kappa shape index (κ3) is 5.99. The molecule has 0 aliphatic heterocycles. The average molecular weight is 483 g/mol. The zero-order valence-electron chi connectivity index (χ0n) is 18.2. The number of amides is 2. The van der Waals surface area contributed by atoms with Gasteiger partial charge in [0, 0.05) is 22.7 Å². The molecule has 1 saturated carbocycles. The normalized spacial score (nSPS) is 17.7. The van der Waals surface area contributed by atoms with Crippen molar-refractivity contribution in [1.82, 2.24) is 10.2 Å². The van der Waals surface area contributed by atoms with Crippen molar-refractivity contribution in [2.75, 3.05) is 10.6 Å². The van der Waals surface area contributed by atoms with Crippen molar-refractivity contribution >= 4 is 41.1 Å². The molecule has 1 fully saturated rings. The second kappa shape index (κ2) is 10.5. The number of aromatic nitrogens is 2. The average Bonchev–Trinajstić information content (AvgIpc) is 3.29. The molecule has 0 atom stereocenters. The minimum absolute atomic E-state index is 0.195. The molecule has 176 valence electrons. The molecule has 1 aliphatic carbocycles. The Balaban J connectivity index is 1.30. The van der Waals surface area contributed by atoms with Crippen LogP contribution in [0.4, 0.5) is 11.7 Å². The first-order valence-electron chi connectivity index (χ1n) is 10.9. The summed E-state index contributed by atoms with van der Waals surface area (Å²) in [5.41, 5.74) is 2.08. The molecule has 0 radical (unpaired) electrons. The summed E-state index contributed by atoms with van der Waals surface area (Å²) in [6.07, 6.45) is 3.96. The first kappa shape index (κ1) is 23.4. The van der Waals surface area contributed by atoms with E-state index >= 15 is 0 Å². The molecule has 0 spiro atoms. The van der Waals surface area contributed by atoms with E-state index in [9.17, 15) is 14.4 Å². The van der Waals surface area contributed by atoms with E-state index in [2.05, 4.69) is 20.8 Å². The fraction of sp³-hybridized carbons (Fsp3) is 0.292. The standard InChI is InChI=1S/C24H23ClN4O5/c25-18-9-5-17(6-10-18)21(32)27-24-29-28-23(34-24)22(33)26-19-11-7-16(8-12-19)15-3-1-14(2-4-15)13-20(30)31/h5-12,14-15H,1-4,13H2,(H,26,33)(H,30,31)(H,27,29,32)/t14-,15-. The van der Waals surface area contributed by atoms with Gasteiger partial charge in [-0.2, -0.15) is 0 Å². The maximum Gasteiger partial charge on any atom is 0.322 e. The fourth-order valence-electron chi connectivity index (χ4n) is 4.11. The lowest BCUT2D eigenvalue weighted by molar-refractivity contribution is -0.138. The first-order valence-corrected chi connectivity index (χ1v) is 11.3. The molecule has 3 aromatic rings. The van der Waals surface area contributed by atoms with Crippen LogP contribution in [0, 0.1) is 5.92 Å². The van der Waals surface area contributed by atoms with E-state index < -0.39 is 17.8 Å². The number of benzene rings is 2. The van der Waals surface area contributed by atoms with Gasteiger partial charge in [-0.3, -0.25) is 19.7 Å². The van der Waals surface area contributed by atoms with Gasteiger partial charge in [0.15, 0.2) is 0 Å². The van der Waals surface area contributed by atoms with Crippen molar-refractivity contribution in [2.45, 2.75) is 38.0 Å². The van der Waals surface area contributed by atoms with Crippen LogP contribution in [0.2, 0.25) is 5.02 Å². The van der Waals surface area contributed by atoms with Gasteiger partial charge in [-0.05, 0) is 79.5 Å². The Bertz CT molecular complexity index is 1170. The molecule has 0 saturated heterocycles. The molecule has 1 aliphatic rings. The maximum atomic E-state index is 12.4. The Morgan fingerprint density at radius 2 is 1.59 bits per heavy atom. The van der Waals surface area contributed by atoms with Crippen LogP contribution in [0.15, 0.2) is 52.9 Å². The summed E-state index contributed by atoms with van der Waals surface area (Å²) >= 11 is 5.81. The Morgan fingerprint density at radius 1 is 0.912 bits per heavy atom. The van der Waals surface area contributed by atoms with E-state index in [0.29, 0.717) is 22.2 Å². The molecule has 34 heavy (non-hydrogen) atoms. The molecule has 9 nitrogen and oxygen atoms in total. The monoisotopic (exact) mass is 482 g/mol. The Morgan fingerprint density at radius 3 is 2.24 bits per heavy atom. The van der Waals surface area contributed by atoms with Crippen molar-refractivity contribution in [3.05, 3.63) is 70.6 Å². The van der Waals surface area contributed by atoms with Crippen LogP contribution in [-0.4, -0.2) is 33.1 Å². The molecule has 1 heterocycles. The number of carboxylic acids is 1. The number of nitrogens with one attached hydrogen (secondary N) is 2. The van der Waals surface area contributed by atoms with Gasteiger partial charge in [-0.25, -0.2) is 0 Å². The summed E-state index contributed by atoms with van der Waals surface area (Å²) in [4.78, 5) is 35.6. The number of carbonyl (C=O) groups excluding carboxylic acids is 2. The van der Waals surface area contributed by atoms with Crippen molar-refractivity contribution in [1.29, 1.82) is 0 Å². The van der Waals surface area contributed by atoms with Gasteiger partial charge in [-0.15, -0.1) is 5.10 Å². The molecular weight excluding hydrogens is 460 g/mol. The first-order chi connectivity index (χ1) is 16.4. The van der Waals surface area contributed by atoms with Crippen LogP contribution in [-0.2, 0) is 4.79 Å². The van der Waals surface area contributed by atoms with Crippen LogP contribution in [0.1, 0.15) is 64.6 Å². The van der Waals surface area contributed by atoms with Crippen LogP contribution in [0.5, 0.6) is 0 Å². The highest BCUT2D eigenvalue weighted by atomic mass is 35.5. The highest BCUT2D eigenvalue weighted by molar-refractivity contribution is 6.30. The summed E-state index contributed by atoms with van der Waals surface area (Å²) in [6.45, 7) is 0. The van der Waals surface area contributed by atoms with Gasteiger partial charge in [0.25, 0.3) is 5.91 Å². The number of hydrogen-bond acceptors (Lipinski definition) is 6. The van der Waals surface area contributed by atoms with Crippen molar-refractivity contribution in [3.8, 4) is 0 Å². The zero-order valence-corrected chi connectivity index (χ0v) is 18.9. The lowest BCUT2D eigenvalue weighted by atomic mass is 9.77. The number of rotatable bonds is 7. The van der Waals surface area contributed by atoms with Gasteiger partial charge in [-0.1, -0.05) is 28.8 Å². The van der Waals surface area contributed by atoms with E-state index in [4.69, 9.17) is 21.1 Å². The van der Waals surface area contributed by atoms with E-state index in [1.807, 2.05) is 12.1 Å². The number of carbonyl (C=O) groups is 3. The number of anilines is 2. The van der Waals surface area contributed by atoms with E-state index in [0.717, 1.165) is 31.2 Å². The van der Waals surface area contributed by atoms with Gasteiger partial charge >= 0.3 is 23.8 Å². The SMILES string of the molecule is O=C(O)C[C@H]1CC[C@H](c2ccc(NC(=O)c3nnc(NC(=O)c4ccc(Cl)cc4)o3)cc2)CC1. The molecule has 3 N–H and O–H groups in total. The zero-order chi connectivity index (χ0) is 24.1. The molecule has 4 rings (SSSR count). The van der Waals surface area contributed by atoms with Gasteiger partial charge in [0.2, 0.25) is 0 Å². The number of halogens is 1. The van der Waals surface area contributed by atoms with Crippen LogP contribution < -0.4 is 10.6 Å². The van der Waals surface area contributed by atoms with Gasteiger partial charge in [0.1, 0.15) is 0 Å². The number of hydrogen-bond donors (Lipinski definition) is 3. The number of carboxylic acid groups (broad SMARTS) is 1. The largest absolute Gasteiger partial charge is 0.481 e. The van der Waals surface area contributed by atoms with E-state index in [1.165, 1.54) is 0 Å². The van der Waals surface area contributed by atoms with Crippen LogP contribution in [0.25, 0.3) is 0 Å². The second-order valence-electron chi connectivity index (χ2n) is 8.27. The predicted molar refractivity (Wildman–Crippen MR) is 125 cm³/mol. The maximum absolute atomic E-state index is 12.4. The van der Waals surface area contributed by atoms with Crippen LogP contribution in [0.3, 0.4) is 0 Å². The van der Waals surface area contributed by atoms with Crippen molar-refractivity contribution in [3.63, 3.8) is 0 Å². The minimum Gasteiger partial charge on any atom is -0.481 e. The van der Waals surface area contributed by atoms with Crippen molar-refractivity contribution < 1.29 is 23.9 Å². The van der Waals surface area contributed by atoms with E-state index in [-0.39, 0.29) is 24.2 Å². The molecule has 2 amide bonds. The fourth-order valence-corrected chi connectivity index (χ4v) is 4.23. The summed E-state index contributed by atoms with van der Waals surface area (Å²) in [5.74, 6) is -1.45. The van der Waals surface area contributed by atoms with Crippen molar-refractivity contribution in [2.24, 2.45) is 5.92 Å². The minimum atomic E-state index is -0.735. The molecule has 1 aromatic heterocycles. The Hall–Kier alpha value is -3.72. The lowest BCUT2D eigenvalue weighted by Crippen LogP contribution is -2.16. The van der Waals surface area contributed by atoms with Gasteiger partial charge in [0.05, 0.1) is 0 Å². The summed E-state index contributed by atoms with van der Waals surface area (Å²) < 4.78 is 5.26. The third-order valence-corrected chi connectivity index (χ3v) is 6.15. The van der Waals surface area contributed by atoms with E-state index in [1.54, 1.807) is 36.4 Å². The highest BCUT2D eigenvalue weighted by Crippen LogP contribution is 2.37. The summed E-state index contributed by atoms with van der Waals surface area (Å²) in [7, 11) is 0. The van der Waals surface area contributed by atoms with Crippen LogP contribution >= 0.6 is 11.6 Å².